The van der Waals surface area contributed by atoms with Crippen LogP contribution in [0, 0.1) is 5.92 Å². The van der Waals surface area contributed by atoms with Crippen LogP contribution in [0.25, 0.3) is 0 Å². The first-order valence-electron chi connectivity index (χ1n) is 14.7. The van der Waals surface area contributed by atoms with E-state index in [0.29, 0.717) is 23.0 Å². The summed E-state index contributed by atoms with van der Waals surface area (Å²) in [4.78, 5) is 29.8. The second kappa shape index (κ2) is 15.6. The molecule has 1 atom stereocenters. The van der Waals surface area contributed by atoms with Crippen molar-refractivity contribution in [2.24, 2.45) is 5.92 Å². The Labute approximate surface area is 270 Å². The number of nitrogens with one attached hydrogen (secondary N) is 1. The van der Waals surface area contributed by atoms with Crippen LogP contribution in [0.1, 0.15) is 25.0 Å². The Hall–Kier alpha value is -4.34. The maximum Gasteiger partial charge on any atom is 0.264 e. The number of nitrogens with zero attached hydrogens (tertiary/aromatic N) is 2. The van der Waals surface area contributed by atoms with Gasteiger partial charge in [0.15, 0.2) is 0 Å². The summed E-state index contributed by atoms with van der Waals surface area (Å²) >= 11 is 6.04. The van der Waals surface area contributed by atoms with Gasteiger partial charge in [-0.1, -0.05) is 86.1 Å². The van der Waals surface area contributed by atoms with Crippen LogP contribution >= 0.6 is 11.6 Å². The number of carbonyl (C=O) groups excluding carboxylic acids is 2. The van der Waals surface area contributed by atoms with Gasteiger partial charge >= 0.3 is 0 Å². The van der Waals surface area contributed by atoms with Crippen molar-refractivity contribution in [3.8, 4) is 5.75 Å². The van der Waals surface area contributed by atoms with Crippen LogP contribution in [0.2, 0.25) is 5.02 Å². The number of carbonyl (C=O) groups is 2. The standard InChI is InChI=1S/C35H38ClN3O5S/c1-26(2)23-37-35(41)33(22-27-11-6-4-7-12-27)38(24-28-13-10-16-31(21-28)44-3)34(40)25-39(30-14-8-5-9-15-30)45(42,43)32-19-17-29(36)18-20-32/h4-21,26,33H,22-25H2,1-3H3,(H,37,41)/t33-/m1/s1. The molecule has 2 amide bonds. The van der Waals surface area contributed by atoms with Crippen molar-refractivity contribution in [3.05, 3.63) is 125 Å². The van der Waals surface area contributed by atoms with Gasteiger partial charge < -0.3 is 15.0 Å². The smallest absolute Gasteiger partial charge is 0.264 e. The van der Waals surface area contributed by atoms with E-state index < -0.39 is 28.5 Å². The largest absolute Gasteiger partial charge is 0.497 e. The fourth-order valence-corrected chi connectivity index (χ4v) is 6.34. The Morgan fingerprint density at radius 1 is 0.844 bits per heavy atom. The molecule has 10 heteroatoms. The predicted octanol–water partition coefficient (Wildman–Crippen LogP) is 5.96. The first-order valence-corrected chi connectivity index (χ1v) is 16.5. The van der Waals surface area contributed by atoms with E-state index in [1.54, 1.807) is 49.6 Å². The van der Waals surface area contributed by atoms with Gasteiger partial charge in [0.2, 0.25) is 11.8 Å². The van der Waals surface area contributed by atoms with E-state index in [0.717, 1.165) is 15.4 Å². The molecule has 4 aromatic carbocycles. The molecule has 0 fully saturated rings. The molecule has 4 rings (SSSR count). The summed E-state index contributed by atoms with van der Waals surface area (Å²) < 4.78 is 34.5. The number of rotatable bonds is 14. The lowest BCUT2D eigenvalue weighted by molar-refractivity contribution is -0.140. The first kappa shape index (κ1) is 33.6. The van der Waals surface area contributed by atoms with Crippen LogP contribution in [0.4, 0.5) is 5.69 Å². The van der Waals surface area contributed by atoms with Gasteiger partial charge in [-0.3, -0.25) is 13.9 Å². The number of hydrogen-bond donors (Lipinski definition) is 1. The van der Waals surface area contributed by atoms with Crippen LogP contribution in [-0.4, -0.2) is 51.4 Å². The number of hydrogen-bond acceptors (Lipinski definition) is 5. The third kappa shape index (κ3) is 9.09. The Balaban J connectivity index is 1.79. The second-order valence-electron chi connectivity index (χ2n) is 11.0. The molecule has 0 bridgehead atoms. The molecule has 0 aliphatic rings. The maximum absolute atomic E-state index is 14.5. The molecule has 0 radical (unpaired) electrons. The topological polar surface area (TPSA) is 96.0 Å². The fraction of sp³-hybridized carbons (Fsp3) is 0.257. The predicted molar refractivity (Wildman–Crippen MR) is 178 cm³/mol. The lowest BCUT2D eigenvalue weighted by Crippen LogP contribution is -2.53. The van der Waals surface area contributed by atoms with Crippen LogP contribution < -0.4 is 14.4 Å². The van der Waals surface area contributed by atoms with Crippen molar-refractivity contribution in [1.29, 1.82) is 0 Å². The van der Waals surface area contributed by atoms with E-state index in [4.69, 9.17) is 16.3 Å². The number of para-hydroxylation sites is 1. The highest BCUT2D eigenvalue weighted by Crippen LogP contribution is 2.26. The van der Waals surface area contributed by atoms with Crippen molar-refractivity contribution in [2.75, 3.05) is 24.5 Å². The number of amides is 2. The molecule has 4 aromatic rings. The highest BCUT2D eigenvalue weighted by molar-refractivity contribution is 7.92. The van der Waals surface area contributed by atoms with Crippen molar-refractivity contribution < 1.29 is 22.7 Å². The molecule has 0 heterocycles. The third-order valence-electron chi connectivity index (χ3n) is 7.17. The summed E-state index contributed by atoms with van der Waals surface area (Å²) in [5.74, 6) is -0.0811. The summed E-state index contributed by atoms with van der Waals surface area (Å²) in [6.45, 7) is 3.91. The zero-order chi connectivity index (χ0) is 32.4. The van der Waals surface area contributed by atoms with E-state index in [-0.39, 0.29) is 29.7 Å². The van der Waals surface area contributed by atoms with Gasteiger partial charge in [0.05, 0.1) is 17.7 Å². The summed E-state index contributed by atoms with van der Waals surface area (Å²) in [6, 6.07) is 30.0. The van der Waals surface area contributed by atoms with Gasteiger partial charge in [0, 0.05) is 24.5 Å². The van der Waals surface area contributed by atoms with E-state index >= 15 is 0 Å². The highest BCUT2D eigenvalue weighted by atomic mass is 35.5. The number of sulfonamides is 1. The van der Waals surface area contributed by atoms with E-state index in [1.165, 1.54) is 29.2 Å². The lowest BCUT2D eigenvalue weighted by Gasteiger charge is -2.34. The van der Waals surface area contributed by atoms with Crippen molar-refractivity contribution in [1.82, 2.24) is 10.2 Å². The molecule has 0 aliphatic carbocycles. The Morgan fingerprint density at radius 3 is 2.09 bits per heavy atom. The van der Waals surface area contributed by atoms with Gasteiger partial charge in [-0.2, -0.15) is 0 Å². The first-order chi connectivity index (χ1) is 21.6. The summed E-state index contributed by atoms with van der Waals surface area (Å²) in [5, 5.41) is 3.38. The highest BCUT2D eigenvalue weighted by Gasteiger charge is 2.34. The number of halogens is 1. The monoisotopic (exact) mass is 647 g/mol. The number of methoxy groups -OCH3 is 1. The molecule has 1 N–H and O–H groups in total. The van der Waals surface area contributed by atoms with Crippen LogP contribution in [0.5, 0.6) is 5.75 Å². The van der Waals surface area contributed by atoms with Gasteiger partial charge in [0.1, 0.15) is 18.3 Å². The van der Waals surface area contributed by atoms with Crippen molar-refractivity contribution >= 4 is 39.1 Å². The van der Waals surface area contributed by atoms with E-state index in [1.807, 2.05) is 56.3 Å². The SMILES string of the molecule is COc1cccc(CN(C(=O)CN(c2ccccc2)S(=O)(=O)c2ccc(Cl)cc2)[C@H](Cc2ccccc2)C(=O)NCC(C)C)c1. The number of anilines is 1. The maximum atomic E-state index is 14.5. The minimum absolute atomic E-state index is 0.0154. The molecule has 0 saturated carbocycles. The molecule has 8 nitrogen and oxygen atoms in total. The Kier molecular flexibility index (Phi) is 11.6. The molecular formula is C35H38ClN3O5S. The molecule has 0 unspecified atom stereocenters. The van der Waals surface area contributed by atoms with Gasteiger partial charge in [-0.15, -0.1) is 0 Å². The number of benzene rings is 4. The van der Waals surface area contributed by atoms with Crippen LogP contribution in [-0.2, 0) is 32.6 Å². The quantitative estimate of drug-likeness (QED) is 0.182. The summed E-state index contributed by atoms with van der Waals surface area (Å²) in [7, 11) is -2.65. The van der Waals surface area contributed by atoms with Gasteiger partial charge in [0.25, 0.3) is 10.0 Å². The molecule has 0 spiro atoms. The van der Waals surface area contributed by atoms with Gasteiger partial charge in [-0.05, 0) is 65.6 Å². The molecule has 0 aromatic heterocycles. The molecule has 0 aliphatic heterocycles. The van der Waals surface area contributed by atoms with Crippen LogP contribution in [0.15, 0.2) is 114 Å². The Bertz CT molecular complexity index is 1670. The Morgan fingerprint density at radius 2 is 1.47 bits per heavy atom. The third-order valence-corrected chi connectivity index (χ3v) is 9.21. The zero-order valence-corrected chi connectivity index (χ0v) is 27.2. The average molecular weight is 648 g/mol. The van der Waals surface area contributed by atoms with Crippen LogP contribution in [0.3, 0.4) is 0 Å². The molecule has 236 valence electrons. The molecule has 45 heavy (non-hydrogen) atoms. The number of ether oxygens (including phenoxy) is 1. The average Bonchev–Trinajstić information content (AvgIpc) is 3.05. The lowest BCUT2D eigenvalue weighted by atomic mass is 10.0. The summed E-state index contributed by atoms with van der Waals surface area (Å²) in [5.41, 5.74) is 1.90. The fourth-order valence-electron chi connectivity index (χ4n) is 4.80. The minimum Gasteiger partial charge on any atom is -0.497 e. The van der Waals surface area contributed by atoms with Crippen molar-refractivity contribution in [2.45, 2.75) is 37.8 Å². The normalized spacial score (nSPS) is 11.9. The van der Waals surface area contributed by atoms with E-state index in [9.17, 15) is 18.0 Å². The summed E-state index contributed by atoms with van der Waals surface area (Å²) in [6.07, 6.45) is 0.232. The molecular weight excluding hydrogens is 610 g/mol. The minimum atomic E-state index is -4.20. The van der Waals surface area contributed by atoms with Crippen molar-refractivity contribution in [3.63, 3.8) is 0 Å². The molecule has 0 saturated heterocycles. The van der Waals surface area contributed by atoms with Gasteiger partial charge in [-0.25, -0.2) is 8.42 Å². The zero-order valence-electron chi connectivity index (χ0n) is 25.6. The van der Waals surface area contributed by atoms with E-state index in [2.05, 4.69) is 5.32 Å². The second-order valence-corrected chi connectivity index (χ2v) is 13.3.